The van der Waals surface area contributed by atoms with Crippen LogP contribution in [0.5, 0.6) is 5.75 Å². The molecule has 0 radical (unpaired) electrons. The molecule has 0 aliphatic heterocycles. The van der Waals surface area contributed by atoms with Gasteiger partial charge < -0.3 is 4.74 Å². The lowest BCUT2D eigenvalue weighted by Crippen LogP contribution is -2.07. The quantitative estimate of drug-likeness (QED) is 0.783. The number of benzene rings is 1. The van der Waals surface area contributed by atoms with Crippen molar-refractivity contribution in [3.8, 4) is 17.0 Å². The molecule has 20 heavy (non-hydrogen) atoms. The van der Waals surface area contributed by atoms with Crippen LogP contribution in [0.3, 0.4) is 0 Å². The summed E-state index contributed by atoms with van der Waals surface area (Å²) in [5.74, 6) is 1.47. The van der Waals surface area contributed by atoms with Crippen molar-refractivity contribution in [2.24, 2.45) is 5.92 Å². The Bertz CT molecular complexity index is 629. The maximum atomic E-state index is 11.3. The molecule has 0 amide bonds. The van der Waals surface area contributed by atoms with Crippen LogP contribution in [0.2, 0.25) is 0 Å². The summed E-state index contributed by atoms with van der Waals surface area (Å²) in [6, 6.07) is 8.00. The molecule has 1 aliphatic carbocycles. The number of nitrogens with zero attached hydrogens (tertiary/aromatic N) is 2. The first-order valence-electron chi connectivity index (χ1n) is 6.91. The summed E-state index contributed by atoms with van der Waals surface area (Å²) in [6.45, 7) is 2.16. The van der Waals surface area contributed by atoms with E-state index in [1.807, 2.05) is 35.1 Å². The van der Waals surface area contributed by atoms with Crippen molar-refractivity contribution in [1.82, 2.24) is 9.78 Å². The topological polar surface area (TPSA) is 44.1 Å². The Hall–Kier alpha value is -2.10. The fourth-order valence-electron chi connectivity index (χ4n) is 2.49. The number of rotatable bonds is 5. The first-order valence-corrected chi connectivity index (χ1v) is 6.91. The van der Waals surface area contributed by atoms with Crippen molar-refractivity contribution in [3.05, 3.63) is 36.0 Å². The van der Waals surface area contributed by atoms with E-state index in [4.69, 9.17) is 4.74 Å². The van der Waals surface area contributed by atoms with Gasteiger partial charge >= 0.3 is 0 Å². The molecule has 1 aromatic heterocycles. The summed E-state index contributed by atoms with van der Waals surface area (Å²) in [5, 5.41) is 4.62. The van der Waals surface area contributed by atoms with Gasteiger partial charge in [-0.15, -0.1) is 0 Å². The number of carbonyl (C=O) groups is 1. The molecule has 1 atom stereocenters. The van der Waals surface area contributed by atoms with E-state index in [2.05, 4.69) is 12.0 Å². The predicted molar refractivity (Wildman–Crippen MR) is 77.0 cm³/mol. The summed E-state index contributed by atoms with van der Waals surface area (Å²) in [5.41, 5.74) is 2.27. The SMILES string of the molecule is COc1cccc(-c2nn(C(C)C3CC3)cc2C=O)c1. The van der Waals surface area contributed by atoms with E-state index < -0.39 is 0 Å². The summed E-state index contributed by atoms with van der Waals surface area (Å²) >= 11 is 0. The third kappa shape index (κ3) is 2.33. The molecule has 4 nitrogen and oxygen atoms in total. The summed E-state index contributed by atoms with van der Waals surface area (Å²) in [4.78, 5) is 11.3. The lowest BCUT2D eigenvalue weighted by Gasteiger charge is -2.10. The van der Waals surface area contributed by atoms with E-state index in [9.17, 15) is 4.79 Å². The highest BCUT2D eigenvalue weighted by molar-refractivity contribution is 5.85. The van der Waals surface area contributed by atoms with E-state index in [0.29, 0.717) is 17.5 Å². The van der Waals surface area contributed by atoms with Gasteiger partial charge in [-0.1, -0.05) is 12.1 Å². The molecule has 104 valence electrons. The van der Waals surface area contributed by atoms with E-state index in [1.54, 1.807) is 7.11 Å². The highest BCUT2D eigenvalue weighted by atomic mass is 16.5. The third-order valence-electron chi connectivity index (χ3n) is 3.95. The monoisotopic (exact) mass is 270 g/mol. The zero-order valence-electron chi connectivity index (χ0n) is 11.7. The number of aromatic nitrogens is 2. The minimum Gasteiger partial charge on any atom is -0.497 e. The molecule has 1 saturated carbocycles. The van der Waals surface area contributed by atoms with Crippen LogP contribution in [0, 0.1) is 5.92 Å². The van der Waals surface area contributed by atoms with Crippen molar-refractivity contribution < 1.29 is 9.53 Å². The maximum absolute atomic E-state index is 11.3. The van der Waals surface area contributed by atoms with Gasteiger partial charge in [0.2, 0.25) is 0 Å². The lowest BCUT2D eigenvalue weighted by molar-refractivity contribution is 0.112. The smallest absolute Gasteiger partial charge is 0.153 e. The molecule has 1 unspecified atom stereocenters. The number of carbonyl (C=O) groups excluding carboxylic acids is 1. The Morgan fingerprint density at radius 3 is 2.90 bits per heavy atom. The fraction of sp³-hybridized carbons (Fsp3) is 0.375. The fourth-order valence-corrected chi connectivity index (χ4v) is 2.49. The van der Waals surface area contributed by atoms with E-state index >= 15 is 0 Å². The number of hydrogen-bond donors (Lipinski definition) is 0. The number of hydrogen-bond acceptors (Lipinski definition) is 3. The van der Waals surface area contributed by atoms with Crippen LogP contribution in [-0.2, 0) is 0 Å². The number of methoxy groups -OCH3 is 1. The standard InChI is InChI=1S/C16H18N2O2/c1-11(12-6-7-12)18-9-14(10-19)16(17-18)13-4-3-5-15(8-13)20-2/h3-5,8-12H,6-7H2,1-2H3. The number of ether oxygens (including phenoxy) is 1. The van der Waals surface area contributed by atoms with Crippen LogP contribution in [-0.4, -0.2) is 23.2 Å². The van der Waals surface area contributed by atoms with Gasteiger partial charge in [0, 0.05) is 11.8 Å². The van der Waals surface area contributed by atoms with Crippen LogP contribution in [0.4, 0.5) is 0 Å². The molecule has 2 aromatic rings. The maximum Gasteiger partial charge on any atom is 0.153 e. The Kier molecular flexibility index (Phi) is 3.30. The molecular formula is C16H18N2O2. The van der Waals surface area contributed by atoms with Crippen LogP contribution >= 0.6 is 0 Å². The van der Waals surface area contributed by atoms with Gasteiger partial charge in [-0.3, -0.25) is 9.48 Å². The predicted octanol–water partition coefficient (Wildman–Crippen LogP) is 3.34. The summed E-state index contributed by atoms with van der Waals surface area (Å²) in [6.07, 6.45) is 5.24. The van der Waals surface area contributed by atoms with Crippen LogP contribution in [0.25, 0.3) is 11.3 Å². The second kappa shape index (κ2) is 5.12. The zero-order valence-corrected chi connectivity index (χ0v) is 11.7. The summed E-state index contributed by atoms with van der Waals surface area (Å²) in [7, 11) is 1.63. The molecule has 4 heteroatoms. The molecule has 0 saturated heterocycles. The molecular weight excluding hydrogens is 252 g/mol. The molecule has 1 heterocycles. The number of aldehydes is 1. The minimum absolute atomic E-state index is 0.355. The van der Waals surface area contributed by atoms with Gasteiger partial charge in [0.25, 0.3) is 0 Å². The molecule has 0 N–H and O–H groups in total. The first kappa shape index (κ1) is 12.9. The Labute approximate surface area is 118 Å². The highest BCUT2D eigenvalue weighted by Crippen LogP contribution is 2.39. The van der Waals surface area contributed by atoms with Crippen molar-refractivity contribution >= 4 is 6.29 Å². The Morgan fingerprint density at radius 1 is 1.45 bits per heavy atom. The summed E-state index contributed by atoms with van der Waals surface area (Å²) < 4.78 is 7.16. The molecule has 1 aromatic carbocycles. The second-order valence-electron chi connectivity index (χ2n) is 5.34. The van der Waals surface area contributed by atoms with Gasteiger partial charge in [0.05, 0.1) is 18.7 Å². The normalized spacial score (nSPS) is 15.9. The zero-order chi connectivity index (χ0) is 14.1. The van der Waals surface area contributed by atoms with Gasteiger partial charge in [-0.2, -0.15) is 5.10 Å². The largest absolute Gasteiger partial charge is 0.497 e. The molecule has 0 bridgehead atoms. The van der Waals surface area contributed by atoms with E-state index in [-0.39, 0.29) is 0 Å². The van der Waals surface area contributed by atoms with Gasteiger partial charge in [0.1, 0.15) is 11.4 Å². The Morgan fingerprint density at radius 2 is 2.25 bits per heavy atom. The van der Waals surface area contributed by atoms with Crippen molar-refractivity contribution in [2.45, 2.75) is 25.8 Å². The molecule has 3 rings (SSSR count). The third-order valence-corrected chi connectivity index (χ3v) is 3.95. The van der Waals surface area contributed by atoms with Gasteiger partial charge in [0.15, 0.2) is 6.29 Å². The minimum atomic E-state index is 0.355. The van der Waals surface area contributed by atoms with E-state index in [0.717, 1.165) is 23.3 Å². The van der Waals surface area contributed by atoms with Gasteiger partial charge in [-0.25, -0.2) is 0 Å². The molecule has 1 aliphatic rings. The van der Waals surface area contributed by atoms with Crippen LogP contribution in [0.1, 0.15) is 36.2 Å². The Balaban J connectivity index is 2.00. The second-order valence-corrected chi connectivity index (χ2v) is 5.34. The van der Waals surface area contributed by atoms with E-state index in [1.165, 1.54) is 12.8 Å². The molecule has 0 spiro atoms. The highest BCUT2D eigenvalue weighted by Gasteiger charge is 2.30. The van der Waals surface area contributed by atoms with Crippen molar-refractivity contribution in [3.63, 3.8) is 0 Å². The molecule has 1 fully saturated rings. The van der Waals surface area contributed by atoms with Crippen molar-refractivity contribution in [2.75, 3.05) is 7.11 Å². The lowest BCUT2D eigenvalue weighted by atomic mass is 10.1. The average Bonchev–Trinajstić information content (AvgIpc) is 3.25. The first-order chi connectivity index (χ1) is 9.72. The van der Waals surface area contributed by atoms with Crippen LogP contribution in [0.15, 0.2) is 30.5 Å². The van der Waals surface area contributed by atoms with Crippen molar-refractivity contribution in [1.29, 1.82) is 0 Å². The van der Waals surface area contributed by atoms with Gasteiger partial charge in [-0.05, 0) is 37.8 Å². The van der Waals surface area contributed by atoms with Crippen LogP contribution < -0.4 is 4.74 Å². The average molecular weight is 270 g/mol.